The second-order valence-corrected chi connectivity index (χ2v) is 6.21. The van der Waals surface area contributed by atoms with Gasteiger partial charge in [0.2, 0.25) is 5.91 Å². The van der Waals surface area contributed by atoms with Gasteiger partial charge in [0.1, 0.15) is 11.6 Å². The fraction of sp³-hybridized carbons (Fsp3) is 0.300. The third kappa shape index (κ3) is 5.40. The molecular weight excluding hydrogens is 477 g/mol. The summed E-state index contributed by atoms with van der Waals surface area (Å²) in [6.45, 7) is 3.16. The predicted octanol–water partition coefficient (Wildman–Crippen LogP) is 3.23. The molecule has 3 rings (SSSR count). The maximum Gasteiger partial charge on any atom is 0.246 e. The smallest absolute Gasteiger partial charge is 0.246 e. The van der Waals surface area contributed by atoms with Crippen LogP contribution in [0.4, 0.5) is 14.5 Å². The molecule has 0 saturated carbocycles. The molecule has 150 valence electrons. The average molecular weight is 500 g/mol. The van der Waals surface area contributed by atoms with E-state index in [0.717, 1.165) is 35.9 Å². The lowest BCUT2D eigenvalue weighted by molar-refractivity contribution is -0.117. The molecule has 0 bridgehead atoms. The largest absolute Gasteiger partial charge is 0.357 e. The number of anilines is 1. The zero-order chi connectivity index (χ0) is 19.2. The van der Waals surface area contributed by atoms with Gasteiger partial charge in [-0.25, -0.2) is 13.8 Å². The van der Waals surface area contributed by atoms with Crippen molar-refractivity contribution in [2.45, 2.75) is 19.9 Å². The van der Waals surface area contributed by atoms with Crippen molar-refractivity contribution >= 4 is 41.5 Å². The number of carbonyl (C=O) groups is 1. The van der Waals surface area contributed by atoms with E-state index in [1.807, 2.05) is 31.2 Å². The van der Waals surface area contributed by atoms with Crippen LogP contribution in [0, 0.1) is 11.6 Å². The first kappa shape index (κ1) is 22.1. The maximum atomic E-state index is 13.7. The highest BCUT2D eigenvalue weighted by atomic mass is 127. The van der Waals surface area contributed by atoms with Crippen LogP contribution in [0.15, 0.2) is 47.5 Å². The van der Waals surface area contributed by atoms with Crippen molar-refractivity contribution in [3.8, 4) is 0 Å². The van der Waals surface area contributed by atoms with Crippen molar-refractivity contribution in [2.24, 2.45) is 4.99 Å². The summed E-state index contributed by atoms with van der Waals surface area (Å²) in [4.78, 5) is 18.6. The van der Waals surface area contributed by atoms with Crippen LogP contribution in [0.2, 0.25) is 0 Å². The van der Waals surface area contributed by atoms with Crippen LogP contribution in [0.5, 0.6) is 0 Å². The van der Waals surface area contributed by atoms with Gasteiger partial charge in [0.05, 0.1) is 13.1 Å². The number of fused-ring (bicyclic) bond motifs is 1. The summed E-state index contributed by atoms with van der Waals surface area (Å²) in [7, 11) is 0. The minimum absolute atomic E-state index is 0. The first-order chi connectivity index (χ1) is 13.1. The number of hydrogen-bond donors (Lipinski definition) is 2. The Morgan fingerprint density at radius 2 is 1.96 bits per heavy atom. The third-order valence-corrected chi connectivity index (χ3v) is 4.35. The zero-order valence-corrected chi connectivity index (χ0v) is 17.9. The number of aliphatic imine (C=N–C) groups is 1. The fourth-order valence-corrected chi connectivity index (χ4v) is 3.02. The van der Waals surface area contributed by atoms with Gasteiger partial charge in [-0.15, -0.1) is 24.0 Å². The molecular formula is C20H23F2IN4O. The van der Waals surface area contributed by atoms with Crippen molar-refractivity contribution in [2.75, 3.05) is 24.5 Å². The van der Waals surface area contributed by atoms with Crippen molar-refractivity contribution in [1.29, 1.82) is 0 Å². The summed E-state index contributed by atoms with van der Waals surface area (Å²) >= 11 is 0. The SMILES string of the molecule is CCNC(=NCc1cc(F)ccc1F)NCC(=O)N1CCc2ccccc21.I. The molecule has 5 nitrogen and oxygen atoms in total. The van der Waals surface area contributed by atoms with Crippen LogP contribution in [0.3, 0.4) is 0 Å². The lowest BCUT2D eigenvalue weighted by Crippen LogP contribution is -2.44. The van der Waals surface area contributed by atoms with E-state index < -0.39 is 11.6 Å². The predicted molar refractivity (Wildman–Crippen MR) is 117 cm³/mol. The van der Waals surface area contributed by atoms with Gasteiger partial charge in [-0.2, -0.15) is 0 Å². The van der Waals surface area contributed by atoms with Crippen LogP contribution in [0.25, 0.3) is 0 Å². The Kier molecular flexibility index (Phi) is 8.16. The van der Waals surface area contributed by atoms with Crippen molar-refractivity contribution in [3.05, 3.63) is 65.2 Å². The highest BCUT2D eigenvalue weighted by molar-refractivity contribution is 14.0. The van der Waals surface area contributed by atoms with E-state index in [1.54, 1.807) is 4.90 Å². The van der Waals surface area contributed by atoms with E-state index in [-0.39, 0.29) is 48.5 Å². The molecule has 0 unspecified atom stereocenters. The number of benzene rings is 2. The molecule has 1 amide bonds. The van der Waals surface area contributed by atoms with E-state index in [0.29, 0.717) is 19.0 Å². The number of rotatable bonds is 5. The molecule has 1 aliphatic rings. The third-order valence-electron chi connectivity index (χ3n) is 4.35. The van der Waals surface area contributed by atoms with E-state index in [9.17, 15) is 13.6 Å². The normalized spacial score (nSPS) is 13.0. The molecule has 1 aliphatic heterocycles. The second-order valence-electron chi connectivity index (χ2n) is 6.21. The van der Waals surface area contributed by atoms with E-state index in [2.05, 4.69) is 15.6 Å². The molecule has 8 heteroatoms. The summed E-state index contributed by atoms with van der Waals surface area (Å²) in [5.74, 6) is -0.715. The van der Waals surface area contributed by atoms with E-state index in [4.69, 9.17) is 0 Å². The minimum atomic E-state index is -0.513. The van der Waals surface area contributed by atoms with Crippen molar-refractivity contribution < 1.29 is 13.6 Å². The van der Waals surface area contributed by atoms with Gasteiger partial charge in [-0.3, -0.25) is 4.79 Å². The Morgan fingerprint density at radius 1 is 1.18 bits per heavy atom. The topological polar surface area (TPSA) is 56.7 Å². The molecule has 0 aliphatic carbocycles. The standard InChI is InChI=1S/C20H22F2N4O.HI/c1-2-23-20(24-12-15-11-16(21)7-8-17(15)22)25-13-19(27)26-10-9-14-5-3-4-6-18(14)26;/h3-8,11H,2,9-10,12-13H2,1H3,(H2,23,24,25);1H. The molecule has 0 spiro atoms. The summed E-state index contributed by atoms with van der Waals surface area (Å²) in [5, 5.41) is 5.97. The molecule has 2 aromatic carbocycles. The molecule has 1 heterocycles. The molecule has 2 N–H and O–H groups in total. The lowest BCUT2D eigenvalue weighted by Gasteiger charge is -2.18. The highest BCUT2D eigenvalue weighted by Crippen LogP contribution is 2.27. The van der Waals surface area contributed by atoms with E-state index >= 15 is 0 Å². The average Bonchev–Trinajstić information content (AvgIpc) is 3.10. The van der Waals surface area contributed by atoms with Crippen LogP contribution >= 0.6 is 24.0 Å². The Bertz CT molecular complexity index is 860. The summed E-state index contributed by atoms with van der Waals surface area (Å²) in [5.41, 5.74) is 2.26. The number of amides is 1. The fourth-order valence-electron chi connectivity index (χ4n) is 3.02. The number of carbonyl (C=O) groups excluding carboxylic acids is 1. The first-order valence-electron chi connectivity index (χ1n) is 8.93. The Hall–Kier alpha value is -2.23. The number of nitrogens with one attached hydrogen (secondary N) is 2. The molecule has 0 saturated heterocycles. The van der Waals surface area contributed by atoms with Gasteiger partial charge in [0.15, 0.2) is 5.96 Å². The van der Waals surface area contributed by atoms with Crippen LogP contribution in [-0.2, 0) is 17.8 Å². The second kappa shape index (κ2) is 10.4. The molecule has 2 aromatic rings. The van der Waals surface area contributed by atoms with Crippen molar-refractivity contribution in [1.82, 2.24) is 10.6 Å². The molecule has 0 fully saturated rings. The van der Waals surface area contributed by atoms with Crippen LogP contribution in [0.1, 0.15) is 18.1 Å². The van der Waals surface area contributed by atoms with Crippen LogP contribution in [-0.4, -0.2) is 31.5 Å². The lowest BCUT2D eigenvalue weighted by atomic mass is 10.2. The van der Waals surface area contributed by atoms with Gasteiger partial charge in [0, 0.05) is 24.3 Å². The van der Waals surface area contributed by atoms with Gasteiger partial charge in [-0.1, -0.05) is 18.2 Å². The minimum Gasteiger partial charge on any atom is -0.357 e. The van der Waals surface area contributed by atoms with Gasteiger partial charge >= 0.3 is 0 Å². The van der Waals surface area contributed by atoms with Gasteiger partial charge in [0.25, 0.3) is 0 Å². The molecule has 0 aromatic heterocycles. The highest BCUT2D eigenvalue weighted by Gasteiger charge is 2.23. The number of guanidine groups is 1. The quantitative estimate of drug-likeness (QED) is 0.377. The Balaban J connectivity index is 0.00000280. The van der Waals surface area contributed by atoms with Crippen molar-refractivity contribution in [3.63, 3.8) is 0 Å². The summed E-state index contributed by atoms with van der Waals surface area (Å²) in [6.07, 6.45) is 0.842. The molecule has 0 radical (unpaired) electrons. The monoisotopic (exact) mass is 500 g/mol. The summed E-state index contributed by atoms with van der Waals surface area (Å²) < 4.78 is 27.0. The zero-order valence-electron chi connectivity index (χ0n) is 15.5. The number of nitrogens with zero attached hydrogens (tertiary/aromatic N) is 2. The summed E-state index contributed by atoms with van der Waals surface area (Å²) in [6, 6.07) is 11.1. The molecule has 28 heavy (non-hydrogen) atoms. The number of halogens is 3. The Morgan fingerprint density at radius 3 is 2.75 bits per heavy atom. The molecule has 0 atom stereocenters. The van der Waals surface area contributed by atoms with Gasteiger partial charge in [-0.05, 0) is 43.2 Å². The maximum absolute atomic E-state index is 13.7. The number of para-hydroxylation sites is 1. The first-order valence-corrected chi connectivity index (χ1v) is 8.93. The number of hydrogen-bond acceptors (Lipinski definition) is 2. The van der Waals surface area contributed by atoms with E-state index in [1.165, 1.54) is 0 Å². The Labute approximate surface area is 180 Å². The van der Waals surface area contributed by atoms with Crippen LogP contribution < -0.4 is 15.5 Å². The van der Waals surface area contributed by atoms with Gasteiger partial charge < -0.3 is 15.5 Å².